The van der Waals surface area contributed by atoms with Crippen molar-refractivity contribution in [2.24, 2.45) is 0 Å². The fraction of sp³-hybridized carbons (Fsp3) is 0.0625. The SMILES string of the molecule is Clc1ccccc1NCc1ccc(-n2ccnc2)cc1. The first kappa shape index (κ1) is 12.8. The summed E-state index contributed by atoms with van der Waals surface area (Å²) in [5, 5.41) is 4.07. The van der Waals surface area contributed by atoms with E-state index >= 15 is 0 Å². The van der Waals surface area contributed by atoms with Crippen LogP contribution in [0, 0.1) is 0 Å². The molecule has 0 fully saturated rings. The molecule has 0 aliphatic heterocycles. The number of rotatable bonds is 4. The lowest BCUT2D eigenvalue weighted by molar-refractivity contribution is 1.05. The number of nitrogens with zero attached hydrogens (tertiary/aromatic N) is 2. The van der Waals surface area contributed by atoms with Gasteiger partial charge in [0.05, 0.1) is 17.0 Å². The van der Waals surface area contributed by atoms with Crippen LogP contribution in [0.15, 0.2) is 67.3 Å². The van der Waals surface area contributed by atoms with E-state index in [0.717, 1.165) is 22.9 Å². The van der Waals surface area contributed by atoms with Crippen molar-refractivity contribution in [3.8, 4) is 5.69 Å². The quantitative estimate of drug-likeness (QED) is 0.780. The van der Waals surface area contributed by atoms with Crippen molar-refractivity contribution in [2.45, 2.75) is 6.54 Å². The Kier molecular flexibility index (Phi) is 3.70. The van der Waals surface area contributed by atoms with Gasteiger partial charge in [-0.3, -0.25) is 0 Å². The summed E-state index contributed by atoms with van der Waals surface area (Å²) in [6.45, 7) is 0.744. The monoisotopic (exact) mass is 283 g/mol. The molecule has 0 aliphatic rings. The van der Waals surface area contributed by atoms with Gasteiger partial charge in [0.1, 0.15) is 0 Å². The zero-order valence-corrected chi connectivity index (χ0v) is 11.6. The molecule has 3 rings (SSSR count). The van der Waals surface area contributed by atoms with Gasteiger partial charge in [0, 0.05) is 24.6 Å². The number of imidazole rings is 1. The standard InChI is InChI=1S/C16H14ClN3/c17-15-3-1-2-4-16(15)19-11-13-5-7-14(8-6-13)20-10-9-18-12-20/h1-10,12,19H,11H2. The van der Waals surface area contributed by atoms with E-state index in [-0.39, 0.29) is 0 Å². The highest BCUT2D eigenvalue weighted by Crippen LogP contribution is 2.21. The van der Waals surface area contributed by atoms with Gasteiger partial charge in [-0.25, -0.2) is 4.98 Å². The Morgan fingerprint density at radius 3 is 2.55 bits per heavy atom. The van der Waals surface area contributed by atoms with E-state index in [4.69, 9.17) is 11.6 Å². The molecule has 2 aromatic carbocycles. The molecule has 0 spiro atoms. The third-order valence-corrected chi connectivity index (χ3v) is 3.43. The molecule has 0 bridgehead atoms. The number of hydrogen-bond donors (Lipinski definition) is 1. The Bertz CT molecular complexity index is 675. The summed E-state index contributed by atoms with van der Waals surface area (Å²) < 4.78 is 1.98. The molecule has 100 valence electrons. The van der Waals surface area contributed by atoms with Gasteiger partial charge in [-0.15, -0.1) is 0 Å². The van der Waals surface area contributed by atoms with Crippen molar-refractivity contribution in [3.63, 3.8) is 0 Å². The van der Waals surface area contributed by atoms with Gasteiger partial charge in [0.25, 0.3) is 0 Å². The smallest absolute Gasteiger partial charge is 0.0991 e. The Morgan fingerprint density at radius 1 is 1.05 bits per heavy atom. The third-order valence-electron chi connectivity index (χ3n) is 3.10. The molecule has 0 unspecified atom stereocenters. The topological polar surface area (TPSA) is 29.9 Å². The number of benzene rings is 2. The van der Waals surface area contributed by atoms with Crippen molar-refractivity contribution in [1.82, 2.24) is 9.55 Å². The summed E-state index contributed by atoms with van der Waals surface area (Å²) >= 11 is 6.11. The first-order valence-corrected chi connectivity index (χ1v) is 6.76. The molecule has 1 N–H and O–H groups in total. The zero-order valence-electron chi connectivity index (χ0n) is 10.8. The number of nitrogens with one attached hydrogen (secondary N) is 1. The molecule has 3 nitrogen and oxygen atoms in total. The number of para-hydroxylation sites is 1. The average Bonchev–Trinajstić information content (AvgIpc) is 3.01. The zero-order chi connectivity index (χ0) is 13.8. The van der Waals surface area contributed by atoms with Crippen LogP contribution < -0.4 is 5.32 Å². The predicted octanol–water partition coefficient (Wildman–Crippen LogP) is 4.14. The fourth-order valence-corrected chi connectivity index (χ4v) is 2.20. The molecule has 0 aliphatic carbocycles. The normalized spacial score (nSPS) is 10.4. The highest BCUT2D eigenvalue weighted by molar-refractivity contribution is 6.33. The van der Waals surface area contributed by atoms with E-state index in [9.17, 15) is 0 Å². The third kappa shape index (κ3) is 2.83. The van der Waals surface area contributed by atoms with Gasteiger partial charge < -0.3 is 9.88 Å². The fourth-order valence-electron chi connectivity index (χ4n) is 2.00. The van der Waals surface area contributed by atoms with Gasteiger partial charge in [-0.2, -0.15) is 0 Å². The van der Waals surface area contributed by atoms with Crippen LogP contribution in [-0.4, -0.2) is 9.55 Å². The second kappa shape index (κ2) is 5.80. The molecule has 0 atom stereocenters. The molecule has 0 amide bonds. The van der Waals surface area contributed by atoms with Crippen molar-refractivity contribution in [2.75, 3.05) is 5.32 Å². The molecular formula is C16H14ClN3. The minimum Gasteiger partial charge on any atom is -0.380 e. The minimum absolute atomic E-state index is 0.738. The van der Waals surface area contributed by atoms with E-state index in [1.807, 2.05) is 35.0 Å². The highest BCUT2D eigenvalue weighted by Gasteiger charge is 1.99. The summed E-state index contributed by atoms with van der Waals surface area (Å²) in [6, 6.07) is 16.1. The van der Waals surface area contributed by atoms with Crippen LogP contribution >= 0.6 is 11.6 Å². The van der Waals surface area contributed by atoms with Gasteiger partial charge >= 0.3 is 0 Å². The maximum Gasteiger partial charge on any atom is 0.0991 e. The molecule has 0 radical (unpaired) electrons. The Hall–Kier alpha value is -2.26. The maximum absolute atomic E-state index is 6.11. The van der Waals surface area contributed by atoms with Crippen LogP contribution in [0.3, 0.4) is 0 Å². The second-order valence-electron chi connectivity index (χ2n) is 4.47. The van der Waals surface area contributed by atoms with Crippen LogP contribution in [0.2, 0.25) is 5.02 Å². The number of halogens is 1. The molecule has 0 saturated carbocycles. The van der Waals surface area contributed by atoms with Crippen molar-refractivity contribution < 1.29 is 0 Å². The van der Waals surface area contributed by atoms with E-state index in [1.54, 1.807) is 12.5 Å². The lowest BCUT2D eigenvalue weighted by atomic mass is 10.2. The van der Waals surface area contributed by atoms with E-state index in [0.29, 0.717) is 0 Å². The van der Waals surface area contributed by atoms with Gasteiger partial charge in [0.15, 0.2) is 0 Å². The predicted molar refractivity (Wildman–Crippen MR) is 82.3 cm³/mol. The average molecular weight is 284 g/mol. The summed E-state index contributed by atoms with van der Waals surface area (Å²) in [4.78, 5) is 4.04. The molecule has 1 aromatic heterocycles. The molecule has 20 heavy (non-hydrogen) atoms. The number of aromatic nitrogens is 2. The van der Waals surface area contributed by atoms with Crippen molar-refractivity contribution in [3.05, 3.63) is 77.8 Å². The van der Waals surface area contributed by atoms with E-state index in [1.165, 1.54) is 5.56 Å². The van der Waals surface area contributed by atoms with E-state index in [2.05, 4.69) is 34.6 Å². The molecular weight excluding hydrogens is 270 g/mol. The van der Waals surface area contributed by atoms with Gasteiger partial charge in [-0.1, -0.05) is 35.9 Å². The lowest BCUT2D eigenvalue weighted by Gasteiger charge is -2.09. The number of anilines is 1. The van der Waals surface area contributed by atoms with Crippen LogP contribution in [0.5, 0.6) is 0 Å². The summed E-state index contributed by atoms with van der Waals surface area (Å²) in [7, 11) is 0. The summed E-state index contributed by atoms with van der Waals surface area (Å²) in [5.74, 6) is 0. The van der Waals surface area contributed by atoms with Crippen LogP contribution in [0.1, 0.15) is 5.56 Å². The van der Waals surface area contributed by atoms with Gasteiger partial charge in [0.2, 0.25) is 0 Å². The molecule has 0 saturated heterocycles. The van der Waals surface area contributed by atoms with Crippen LogP contribution in [0.25, 0.3) is 5.69 Å². The largest absolute Gasteiger partial charge is 0.380 e. The van der Waals surface area contributed by atoms with Crippen molar-refractivity contribution >= 4 is 17.3 Å². The molecule has 1 heterocycles. The summed E-state index contributed by atoms with van der Waals surface area (Å²) in [5.41, 5.74) is 3.26. The maximum atomic E-state index is 6.11. The van der Waals surface area contributed by atoms with Gasteiger partial charge in [-0.05, 0) is 29.8 Å². The molecule has 3 aromatic rings. The van der Waals surface area contributed by atoms with E-state index < -0.39 is 0 Å². The molecule has 4 heteroatoms. The summed E-state index contributed by atoms with van der Waals surface area (Å²) in [6.07, 6.45) is 5.49. The first-order valence-electron chi connectivity index (χ1n) is 6.38. The first-order chi connectivity index (χ1) is 9.83. The second-order valence-corrected chi connectivity index (χ2v) is 4.88. The van der Waals surface area contributed by atoms with Crippen LogP contribution in [0.4, 0.5) is 5.69 Å². The highest BCUT2D eigenvalue weighted by atomic mass is 35.5. The minimum atomic E-state index is 0.738. The Labute approximate surface area is 122 Å². The lowest BCUT2D eigenvalue weighted by Crippen LogP contribution is -2.00. The van der Waals surface area contributed by atoms with Crippen LogP contribution in [-0.2, 0) is 6.54 Å². The number of hydrogen-bond acceptors (Lipinski definition) is 2. The van der Waals surface area contributed by atoms with Crippen molar-refractivity contribution in [1.29, 1.82) is 0 Å². The Morgan fingerprint density at radius 2 is 1.85 bits per heavy atom. The Balaban J connectivity index is 1.68.